The van der Waals surface area contributed by atoms with Crippen LogP contribution in [0.25, 0.3) is 11.6 Å². The monoisotopic (exact) mass is 376 g/mol. The predicted molar refractivity (Wildman–Crippen MR) is 108 cm³/mol. The van der Waals surface area contributed by atoms with Gasteiger partial charge in [0.2, 0.25) is 0 Å². The van der Waals surface area contributed by atoms with E-state index in [0.29, 0.717) is 28.6 Å². The van der Waals surface area contributed by atoms with Crippen LogP contribution < -0.4 is 14.2 Å². The van der Waals surface area contributed by atoms with Gasteiger partial charge in [-0.2, -0.15) is 0 Å². The van der Waals surface area contributed by atoms with E-state index in [0.717, 1.165) is 5.56 Å². The van der Waals surface area contributed by atoms with Crippen molar-refractivity contribution < 1.29 is 24.1 Å². The highest BCUT2D eigenvalue weighted by Crippen LogP contribution is 2.27. The fourth-order valence-corrected chi connectivity index (χ4v) is 2.64. The molecule has 0 bridgehead atoms. The lowest BCUT2D eigenvalue weighted by molar-refractivity contribution is -0.130. The third-order valence-corrected chi connectivity index (χ3v) is 4.10. The van der Waals surface area contributed by atoms with E-state index in [1.807, 2.05) is 30.3 Å². The highest BCUT2D eigenvalue weighted by atomic mass is 16.5. The smallest absolute Gasteiger partial charge is 0.336 e. The molecule has 0 aliphatic rings. The van der Waals surface area contributed by atoms with Gasteiger partial charge in [0.15, 0.2) is 0 Å². The largest absolute Gasteiger partial charge is 0.497 e. The molecule has 0 saturated carbocycles. The molecule has 0 atom stereocenters. The van der Waals surface area contributed by atoms with Crippen LogP contribution in [0.15, 0.2) is 72.8 Å². The fourth-order valence-electron chi connectivity index (χ4n) is 2.64. The Balaban J connectivity index is 1.80. The molecule has 28 heavy (non-hydrogen) atoms. The molecule has 0 aliphatic carbocycles. The van der Waals surface area contributed by atoms with Crippen LogP contribution in [0.2, 0.25) is 0 Å². The van der Waals surface area contributed by atoms with Gasteiger partial charge in [0.25, 0.3) is 0 Å². The molecule has 0 aliphatic heterocycles. The molecule has 0 amide bonds. The Morgan fingerprint density at radius 3 is 2.00 bits per heavy atom. The predicted octanol–water partition coefficient (Wildman–Crippen LogP) is 5.12. The van der Waals surface area contributed by atoms with Crippen molar-refractivity contribution in [3.63, 3.8) is 0 Å². The molecule has 0 fully saturated rings. The Morgan fingerprint density at radius 2 is 1.39 bits per heavy atom. The van der Waals surface area contributed by atoms with Crippen molar-refractivity contribution in [2.75, 3.05) is 14.2 Å². The lowest BCUT2D eigenvalue weighted by atomic mass is 10.0. The molecule has 1 N–H and O–H groups in total. The van der Waals surface area contributed by atoms with E-state index in [1.165, 1.54) is 0 Å². The number of ether oxygens (including phenoxy) is 3. The van der Waals surface area contributed by atoms with Gasteiger partial charge in [-0.15, -0.1) is 0 Å². The van der Waals surface area contributed by atoms with Gasteiger partial charge in [-0.25, -0.2) is 4.79 Å². The van der Waals surface area contributed by atoms with Crippen LogP contribution in [0.5, 0.6) is 23.0 Å². The average molecular weight is 376 g/mol. The van der Waals surface area contributed by atoms with Crippen molar-refractivity contribution in [2.24, 2.45) is 0 Å². The molecular formula is C23H20O5. The van der Waals surface area contributed by atoms with Crippen molar-refractivity contribution in [1.29, 1.82) is 0 Å². The second kappa shape index (κ2) is 8.77. The molecule has 0 spiro atoms. The maximum atomic E-state index is 11.7. The molecule has 0 unspecified atom stereocenters. The number of hydrogen-bond acceptors (Lipinski definition) is 4. The summed E-state index contributed by atoms with van der Waals surface area (Å²) in [5.74, 6) is 1.69. The van der Waals surface area contributed by atoms with Crippen LogP contribution in [0, 0.1) is 0 Å². The summed E-state index contributed by atoms with van der Waals surface area (Å²) in [5, 5.41) is 9.58. The van der Waals surface area contributed by atoms with Crippen LogP contribution in [0.1, 0.15) is 11.1 Å². The lowest BCUT2D eigenvalue weighted by Crippen LogP contribution is -1.99. The van der Waals surface area contributed by atoms with E-state index in [9.17, 15) is 9.90 Å². The normalized spacial score (nSPS) is 11.0. The van der Waals surface area contributed by atoms with E-state index in [1.54, 1.807) is 62.8 Å². The lowest BCUT2D eigenvalue weighted by Gasteiger charge is -2.08. The van der Waals surface area contributed by atoms with Gasteiger partial charge in [-0.05, 0) is 53.6 Å². The van der Waals surface area contributed by atoms with Crippen molar-refractivity contribution in [1.82, 2.24) is 0 Å². The van der Waals surface area contributed by atoms with Crippen molar-refractivity contribution in [3.05, 3.63) is 83.9 Å². The highest BCUT2D eigenvalue weighted by molar-refractivity contribution is 6.20. The van der Waals surface area contributed by atoms with Crippen LogP contribution >= 0.6 is 0 Å². The topological polar surface area (TPSA) is 65.0 Å². The molecule has 5 heteroatoms. The zero-order chi connectivity index (χ0) is 19.9. The minimum absolute atomic E-state index is 0.198. The Hall–Kier alpha value is -3.73. The summed E-state index contributed by atoms with van der Waals surface area (Å²) >= 11 is 0. The number of carboxylic acids is 1. The fraction of sp³-hybridized carbons (Fsp3) is 0.0870. The summed E-state index contributed by atoms with van der Waals surface area (Å²) in [4.78, 5) is 11.7. The second-order valence-corrected chi connectivity index (χ2v) is 5.94. The maximum Gasteiger partial charge on any atom is 0.336 e. The average Bonchev–Trinajstić information content (AvgIpc) is 2.73. The number of aliphatic carboxylic acids is 1. The summed E-state index contributed by atoms with van der Waals surface area (Å²) in [5.41, 5.74) is 1.56. The molecular weight excluding hydrogens is 356 g/mol. The van der Waals surface area contributed by atoms with E-state index in [2.05, 4.69) is 0 Å². The van der Waals surface area contributed by atoms with Gasteiger partial charge in [0, 0.05) is 6.07 Å². The van der Waals surface area contributed by atoms with Gasteiger partial charge in [-0.1, -0.05) is 30.3 Å². The number of carbonyl (C=O) groups is 1. The zero-order valence-electron chi connectivity index (χ0n) is 15.6. The minimum Gasteiger partial charge on any atom is -0.497 e. The molecule has 5 nitrogen and oxygen atoms in total. The molecule has 0 radical (unpaired) electrons. The van der Waals surface area contributed by atoms with Crippen molar-refractivity contribution >= 4 is 17.6 Å². The number of rotatable bonds is 7. The first-order valence-corrected chi connectivity index (χ1v) is 8.60. The van der Waals surface area contributed by atoms with Gasteiger partial charge >= 0.3 is 5.97 Å². The summed E-state index contributed by atoms with van der Waals surface area (Å²) in [6.45, 7) is 0. The Morgan fingerprint density at radius 1 is 0.786 bits per heavy atom. The molecule has 3 aromatic rings. The summed E-state index contributed by atoms with van der Waals surface area (Å²) in [6.07, 6.45) is 1.62. The van der Waals surface area contributed by atoms with Crippen LogP contribution in [0.4, 0.5) is 0 Å². The molecule has 142 valence electrons. The summed E-state index contributed by atoms with van der Waals surface area (Å²) in [6, 6.07) is 21.4. The third kappa shape index (κ3) is 4.71. The first-order chi connectivity index (χ1) is 13.6. The maximum absolute atomic E-state index is 11.7. The quantitative estimate of drug-likeness (QED) is 0.458. The number of carboxylic acid groups (broad SMARTS) is 1. The SMILES string of the molecule is COc1ccc(/C(=C/c2ccc(Oc3cccc(OC)c3)cc2)C(=O)O)cc1. The number of hydrogen-bond donors (Lipinski definition) is 1. The van der Waals surface area contributed by atoms with Gasteiger partial charge < -0.3 is 19.3 Å². The molecule has 0 saturated heterocycles. The summed E-state index contributed by atoms with van der Waals surface area (Å²) < 4.78 is 16.1. The third-order valence-electron chi connectivity index (χ3n) is 4.10. The van der Waals surface area contributed by atoms with Crippen molar-refractivity contribution in [2.45, 2.75) is 0 Å². The second-order valence-electron chi connectivity index (χ2n) is 5.94. The van der Waals surface area contributed by atoms with Crippen LogP contribution in [-0.4, -0.2) is 25.3 Å². The Bertz CT molecular complexity index is 973. The molecule has 0 heterocycles. The van der Waals surface area contributed by atoms with E-state index in [4.69, 9.17) is 14.2 Å². The highest BCUT2D eigenvalue weighted by Gasteiger charge is 2.11. The van der Waals surface area contributed by atoms with Gasteiger partial charge in [0.1, 0.15) is 23.0 Å². The van der Waals surface area contributed by atoms with Gasteiger partial charge in [-0.3, -0.25) is 0 Å². The minimum atomic E-state index is -0.998. The van der Waals surface area contributed by atoms with Crippen molar-refractivity contribution in [3.8, 4) is 23.0 Å². The number of methoxy groups -OCH3 is 2. The van der Waals surface area contributed by atoms with Crippen LogP contribution in [-0.2, 0) is 4.79 Å². The van der Waals surface area contributed by atoms with E-state index >= 15 is 0 Å². The summed E-state index contributed by atoms with van der Waals surface area (Å²) in [7, 11) is 3.17. The van der Waals surface area contributed by atoms with E-state index in [-0.39, 0.29) is 5.57 Å². The first-order valence-electron chi connectivity index (χ1n) is 8.60. The molecule has 0 aromatic heterocycles. The zero-order valence-corrected chi connectivity index (χ0v) is 15.6. The standard InChI is InChI=1S/C23H20O5/c1-26-18-12-8-17(9-13-18)22(23(24)25)14-16-6-10-19(11-7-16)28-21-5-3-4-20(15-21)27-2/h3-15H,1-2H3,(H,24,25)/b22-14-. The van der Waals surface area contributed by atoms with E-state index < -0.39 is 5.97 Å². The first kappa shape index (κ1) is 19.0. The molecule has 3 rings (SSSR count). The number of benzene rings is 3. The Labute approximate surface area is 163 Å². The van der Waals surface area contributed by atoms with Gasteiger partial charge in [0.05, 0.1) is 19.8 Å². The Kier molecular flexibility index (Phi) is 5.97. The van der Waals surface area contributed by atoms with Crippen LogP contribution in [0.3, 0.4) is 0 Å². The molecule has 3 aromatic carbocycles.